The third kappa shape index (κ3) is 2.61. The average Bonchev–Trinajstić information content (AvgIpc) is 2.32. The van der Waals surface area contributed by atoms with Gasteiger partial charge in [-0.05, 0) is 24.3 Å². The molecular formula is C13H7Cl3F2. The Kier molecular flexibility index (Phi) is 4.10. The summed E-state index contributed by atoms with van der Waals surface area (Å²) in [5.74, 6) is 0. The summed E-state index contributed by atoms with van der Waals surface area (Å²) < 4.78 is 26.0. The van der Waals surface area contributed by atoms with Gasteiger partial charge >= 0.3 is 0 Å². The molecule has 0 heterocycles. The van der Waals surface area contributed by atoms with Crippen LogP contribution in [0, 0.1) is 0 Å². The molecule has 0 spiro atoms. The van der Waals surface area contributed by atoms with Crippen LogP contribution in [-0.2, 0) is 0 Å². The third-order valence-corrected chi connectivity index (χ3v) is 3.36. The van der Waals surface area contributed by atoms with Gasteiger partial charge in [0.1, 0.15) is 0 Å². The van der Waals surface area contributed by atoms with Gasteiger partial charge in [-0.3, -0.25) is 0 Å². The number of alkyl halides is 2. The SMILES string of the molecule is FC(F)c1cccc(Cl)c1-c1cc(Cl)ccc1Cl. The fourth-order valence-corrected chi connectivity index (χ4v) is 2.36. The summed E-state index contributed by atoms with van der Waals surface area (Å²) >= 11 is 17.9. The maximum atomic E-state index is 13.0. The van der Waals surface area contributed by atoms with Crippen LogP contribution < -0.4 is 0 Å². The summed E-state index contributed by atoms with van der Waals surface area (Å²) in [6, 6.07) is 9.01. The van der Waals surface area contributed by atoms with E-state index in [1.54, 1.807) is 18.2 Å². The second kappa shape index (κ2) is 5.43. The Balaban J connectivity index is 2.73. The summed E-state index contributed by atoms with van der Waals surface area (Å²) in [6.07, 6.45) is -2.63. The van der Waals surface area contributed by atoms with E-state index in [9.17, 15) is 8.78 Å². The molecule has 0 bridgehead atoms. The minimum absolute atomic E-state index is 0.160. The second-order valence-electron chi connectivity index (χ2n) is 3.63. The molecule has 0 saturated carbocycles. The van der Waals surface area contributed by atoms with Crippen molar-refractivity contribution in [2.45, 2.75) is 6.43 Å². The first-order chi connectivity index (χ1) is 8.50. The van der Waals surface area contributed by atoms with Gasteiger partial charge < -0.3 is 0 Å². The van der Waals surface area contributed by atoms with E-state index in [-0.39, 0.29) is 16.1 Å². The van der Waals surface area contributed by atoms with Gasteiger partial charge in [-0.2, -0.15) is 0 Å². The van der Waals surface area contributed by atoms with Gasteiger partial charge in [0.25, 0.3) is 6.43 Å². The van der Waals surface area contributed by atoms with Crippen molar-refractivity contribution in [3.8, 4) is 11.1 Å². The normalized spacial score (nSPS) is 11.0. The van der Waals surface area contributed by atoms with E-state index in [0.717, 1.165) is 0 Å². The fourth-order valence-electron chi connectivity index (χ4n) is 1.70. The van der Waals surface area contributed by atoms with E-state index in [1.165, 1.54) is 18.2 Å². The zero-order chi connectivity index (χ0) is 13.3. The molecule has 94 valence electrons. The topological polar surface area (TPSA) is 0 Å². The highest BCUT2D eigenvalue weighted by Gasteiger charge is 2.18. The molecule has 2 aromatic rings. The molecule has 0 fully saturated rings. The van der Waals surface area contributed by atoms with Crippen LogP contribution in [0.1, 0.15) is 12.0 Å². The molecule has 0 atom stereocenters. The van der Waals surface area contributed by atoms with E-state index in [4.69, 9.17) is 34.8 Å². The predicted molar refractivity (Wildman–Crippen MR) is 71.9 cm³/mol. The molecule has 18 heavy (non-hydrogen) atoms. The van der Waals surface area contributed by atoms with Gasteiger partial charge in [0.05, 0.1) is 0 Å². The van der Waals surface area contributed by atoms with Crippen molar-refractivity contribution in [1.82, 2.24) is 0 Å². The monoisotopic (exact) mass is 306 g/mol. The first-order valence-corrected chi connectivity index (χ1v) is 6.16. The Labute approximate surface area is 118 Å². The zero-order valence-corrected chi connectivity index (χ0v) is 11.2. The minimum atomic E-state index is -2.63. The van der Waals surface area contributed by atoms with Crippen LogP contribution in [0.25, 0.3) is 11.1 Å². The third-order valence-electron chi connectivity index (χ3n) is 2.48. The number of rotatable bonds is 2. The molecule has 0 N–H and O–H groups in total. The Morgan fingerprint density at radius 1 is 0.889 bits per heavy atom. The van der Waals surface area contributed by atoms with Crippen molar-refractivity contribution in [1.29, 1.82) is 0 Å². The lowest BCUT2D eigenvalue weighted by Gasteiger charge is -2.12. The van der Waals surface area contributed by atoms with Crippen LogP contribution in [0.5, 0.6) is 0 Å². The molecule has 2 aromatic carbocycles. The second-order valence-corrected chi connectivity index (χ2v) is 4.88. The first kappa shape index (κ1) is 13.6. The number of hydrogen-bond acceptors (Lipinski definition) is 0. The first-order valence-electron chi connectivity index (χ1n) is 5.02. The molecule has 0 aliphatic heterocycles. The molecule has 0 aromatic heterocycles. The summed E-state index contributed by atoms with van der Waals surface area (Å²) in [6.45, 7) is 0. The molecule has 0 saturated heterocycles. The van der Waals surface area contributed by atoms with Crippen LogP contribution >= 0.6 is 34.8 Å². The van der Waals surface area contributed by atoms with Crippen molar-refractivity contribution in [3.63, 3.8) is 0 Å². The summed E-state index contributed by atoms with van der Waals surface area (Å²) in [5, 5.41) is 0.959. The molecule has 0 unspecified atom stereocenters. The van der Waals surface area contributed by atoms with Gasteiger partial charge in [-0.1, -0.05) is 46.9 Å². The van der Waals surface area contributed by atoms with Gasteiger partial charge in [-0.25, -0.2) is 8.78 Å². The lowest BCUT2D eigenvalue weighted by molar-refractivity contribution is 0.152. The van der Waals surface area contributed by atoms with E-state index in [2.05, 4.69) is 0 Å². The van der Waals surface area contributed by atoms with Crippen LogP contribution in [0.15, 0.2) is 36.4 Å². The van der Waals surface area contributed by atoms with E-state index in [0.29, 0.717) is 15.6 Å². The molecule has 0 radical (unpaired) electrons. The Morgan fingerprint density at radius 2 is 1.61 bits per heavy atom. The summed E-state index contributed by atoms with van der Waals surface area (Å²) in [4.78, 5) is 0. The van der Waals surface area contributed by atoms with Crippen molar-refractivity contribution >= 4 is 34.8 Å². The van der Waals surface area contributed by atoms with E-state index >= 15 is 0 Å². The number of hydrogen-bond donors (Lipinski definition) is 0. The van der Waals surface area contributed by atoms with E-state index in [1.807, 2.05) is 0 Å². The maximum Gasteiger partial charge on any atom is 0.264 e. The van der Waals surface area contributed by atoms with Gasteiger partial charge in [-0.15, -0.1) is 0 Å². The highest BCUT2D eigenvalue weighted by Crippen LogP contribution is 2.40. The molecule has 5 heteroatoms. The standard InChI is InChI=1S/C13H7Cl3F2/c14-7-4-5-10(15)9(6-7)12-8(13(17)18)2-1-3-11(12)16/h1-6,13H. The van der Waals surface area contributed by atoms with Crippen LogP contribution in [0.4, 0.5) is 8.78 Å². The Morgan fingerprint density at radius 3 is 2.28 bits per heavy atom. The number of halogens is 5. The van der Waals surface area contributed by atoms with Crippen molar-refractivity contribution in [2.24, 2.45) is 0 Å². The van der Waals surface area contributed by atoms with E-state index < -0.39 is 6.43 Å². The van der Waals surface area contributed by atoms with Crippen LogP contribution in [-0.4, -0.2) is 0 Å². The largest absolute Gasteiger partial charge is 0.264 e. The van der Waals surface area contributed by atoms with Crippen molar-refractivity contribution < 1.29 is 8.78 Å². The Bertz CT molecular complexity index is 582. The van der Waals surface area contributed by atoms with Crippen LogP contribution in [0.2, 0.25) is 15.1 Å². The maximum absolute atomic E-state index is 13.0. The molecule has 0 aliphatic carbocycles. The molecule has 2 rings (SSSR count). The average molecular weight is 308 g/mol. The molecule has 0 aliphatic rings. The molecule has 0 amide bonds. The summed E-state index contributed by atoms with van der Waals surface area (Å²) in [7, 11) is 0. The molecule has 0 nitrogen and oxygen atoms in total. The lowest BCUT2D eigenvalue weighted by atomic mass is 10.00. The molecular weight excluding hydrogens is 300 g/mol. The van der Waals surface area contributed by atoms with Crippen molar-refractivity contribution in [3.05, 3.63) is 57.0 Å². The highest BCUT2D eigenvalue weighted by molar-refractivity contribution is 6.37. The van der Waals surface area contributed by atoms with Crippen LogP contribution in [0.3, 0.4) is 0 Å². The highest BCUT2D eigenvalue weighted by atomic mass is 35.5. The smallest absolute Gasteiger partial charge is 0.205 e. The van der Waals surface area contributed by atoms with Crippen molar-refractivity contribution in [2.75, 3.05) is 0 Å². The lowest BCUT2D eigenvalue weighted by Crippen LogP contribution is -1.92. The van der Waals surface area contributed by atoms with Gasteiger partial charge in [0.15, 0.2) is 0 Å². The summed E-state index contributed by atoms with van der Waals surface area (Å²) in [5.41, 5.74) is 0.471. The zero-order valence-electron chi connectivity index (χ0n) is 8.93. The van der Waals surface area contributed by atoms with Gasteiger partial charge in [0, 0.05) is 31.8 Å². The minimum Gasteiger partial charge on any atom is -0.205 e. The fraction of sp³-hybridized carbons (Fsp3) is 0.0769. The Hall–Kier alpha value is -0.830. The quantitative estimate of drug-likeness (QED) is 0.615. The van der Waals surface area contributed by atoms with Gasteiger partial charge in [0.2, 0.25) is 0 Å². The number of benzene rings is 2. The predicted octanol–water partition coefficient (Wildman–Crippen LogP) is 6.25.